The Morgan fingerprint density at radius 1 is 0.848 bits per heavy atom. The van der Waals surface area contributed by atoms with Crippen LogP contribution in [0.25, 0.3) is 27.6 Å². The summed E-state index contributed by atoms with van der Waals surface area (Å²) in [6, 6.07) is 23.4. The molecule has 0 N–H and O–H groups in total. The minimum atomic E-state index is -0.306. The van der Waals surface area contributed by atoms with Crippen LogP contribution in [0.3, 0.4) is 0 Å². The van der Waals surface area contributed by atoms with E-state index in [9.17, 15) is 9.59 Å². The summed E-state index contributed by atoms with van der Waals surface area (Å²) in [5, 5.41) is 3.70. The minimum absolute atomic E-state index is 0.226. The number of imide groups is 1. The van der Waals surface area contributed by atoms with Crippen molar-refractivity contribution in [3.8, 4) is 11.5 Å². The number of hydrogen-bond acceptors (Lipinski definition) is 5. The second-order valence-corrected chi connectivity index (χ2v) is 8.67. The van der Waals surface area contributed by atoms with Gasteiger partial charge >= 0.3 is 0 Å². The zero-order valence-corrected chi connectivity index (χ0v) is 19.0. The van der Waals surface area contributed by atoms with Gasteiger partial charge in [0.15, 0.2) is 0 Å². The summed E-state index contributed by atoms with van der Waals surface area (Å²) < 4.78 is 10.9. The molecule has 1 saturated heterocycles. The molecule has 5 nitrogen and oxygen atoms in total. The number of ether oxygens (including phenoxy) is 2. The maximum Gasteiger partial charge on any atom is 0.293 e. The minimum Gasteiger partial charge on any atom is -0.497 e. The monoisotopic (exact) mass is 455 g/mol. The van der Waals surface area contributed by atoms with Crippen molar-refractivity contribution in [3.63, 3.8) is 0 Å². The van der Waals surface area contributed by atoms with Crippen molar-refractivity contribution in [1.82, 2.24) is 4.90 Å². The number of carbonyl (C=O) groups is 2. The predicted octanol–water partition coefficient (Wildman–Crippen LogP) is 6.25. The lowest BCUT2D eigenvalue weighted by Crippen LogP contribution is -2.27. The van der Waals surface area contributed by atoms with Crippen molar-refractivity contribution in [1.29, 1.82) is 0 Å². The maximum atomic E-state index is 13.3. The fourth-order valence-corrected chi connectivity index (χ4v) is 4.94. The molecule has 4 aromatic rings. The Morgan fingerprint density at radius 2 is 1.61 bits per heavy atom. The van der Waals surface area contributed by atoms with E-state index in [1.807, 2.05) is 72.8 Å². The first-order chi connectivity index (χ1) is 16.1. The molecule has 5 rings (SSSR count). The van der Waals surface area contributed by atoms with Crippen LogP contribution >= 0.6 is 11.8 Å². The third kappa shape index (κ3) is 3.83. The predicted molar refractivity (Wildman–Crippen MR) is 133 cm³/mol. The molecule has 33 heavy (non-hydrogen) atoms. The van der Waals surface area contributed by atoms with E-state index in [4.69, 9.17) is 9.47 Å². The van der Waals surface area contributed by atoms with Gasteiger partial charge in [-0.15, -0.1) is 0 Å². The van der Waals surface area contributed by atoms with Gasteiger partial charge < -0.3 is 9.47 Å². The molecular formula is C27H21NO4S. The van der Waals surface area contributed by atoms with Gasteiger partial charge in [-0.3, -0.25) is 14.5 Å². The Hall–Kier alpha value is -3.77. The molecule has 1 aliphatic rings. The van der Waals surface area contributed by atoms with Crippen LogP contribution < -0.4 is 9.47 Å². The van der Waals surface area contributed by atoms with Crippen LogP contribution in [0.5, 0.6) is 11.5 Å². The van der Waals surface area contributed by atoms with Crippen LogP contribution in [0.2, 0.25) is 0 Å². The van der Waals surface area contributed by atoms with Crippen LogP contribution in [0, 0.1) is 0 Å². The van der Waals surface area contributed by atoms with Gasteiger partial charge in [0.1, 0.15) is 11.5 Å². The third-order valence-electron chi connectivity index (χ3n) is 5.81. The van der Waals surface area contributed by atoms with E-state index in [2.05, 4.69) is 0 Å². The number of fused-ring (bicyclic) bond motifs is 2. The summed E-state index contributed by atoms with van der Waals surface area (Å²) >= 11 is 0.951. The average molecular weight is 456 g/mol. The number of methoxy groups -OCH3 is 2. The Kier molecular flexibility index (Phi) is 5.52. The van der Waals surface area contributed by atoms with E-state index in [1.54, 1.807) is 20.3 Å². The zero-order chi connectivity index (χ0) is 22.9. The number of amides is 2. The van der Waals surface area contributed by atoms with E-state index in [1.165, 1.54) is 4.90 Å². The lowest BCUT2D eigenvalue weighted by Gasteiger charge is -2.14. The molecule has 1 aliphatic heterocycles. The second kappa shape index (κ2) is 8.64. The lowest BCUT2D eigenvalue weighted by atomic mass is 10.0. The highest BCUT2D eigenvalue weighted by molar-refractivity contribution is 8.18. The van der Waals surface area contributed by atoms with Gasteiger partial charge in [0.25, 0.3) is 11.1 Å². The molecule has 0 atom stereocenters. The van der Waals surface area contributed by atoms with Crippen molar-refractivity contribution in [2.75, 3.05) is 14.2 Å². The van der Waals surface area contributed by atoms with Gasteiger partial charge in [-0.2, -0.15) is 0 Å². The molecule has 0 aromatic heterocycles. The zero-order valence-electron chi connectivity index (χ0n) is 18.2. The highest BCUT2D eigenvalue weighted by atomic mass is 32.2. The largest absolute Gasteiger partial charge is 0.497 e. The van der Waals surface area contributed by atoms with Crippen LogP contribution in [-0.2, 0) is 11.3 Å². The Bertz CT molecular complexity index is 1430. The average Bonchev–Trinajstić information content (AvgIpc) is 3.11. The summed E-state index contributed by atoms with van der Waals surface area (Å²) in [4.78, 5) is 27.8. The van der Waals surface area contributed by atoms with Gasteiger partial charge in [-0.1, -0.05) is 54.6 Å². The quantitative estimate of drug-likeness (QED) is 0.333. The number of carbonyl (C=O) groups excluding carboxylic acids is 2. The normalized spacial score (nSPS) is 15.1. The van der Waals surface area contributed by atoms with E-state index >= 15 is 0 Å². The molecular weight excluding hydrogens is 434 g/mol. The smallest absolute Gasteiger partial charge is 0.293 e. The molecule has 4 aromatic carbocycles. The highest BCUT2D eigenvalue weighted by Crippen LogP contribution is 2.38. The fourth-order valence-electron chi connectivity index (χ4n) is 4.12. The van der Waals surface area contributed by atoms with Crippen molar-refractivity contribution >= 4 is 50.5 Å². The molecule has 0 saturated carbocycles. The van der Waals surface area contributed by atoms with E-state index < -0.39 is 0 Å². The number of rotatable bonds is 5. The first-order valence-corrected chi connectivity index (χ1v) is 11.3. The van der Waals surface area contributed by atoms with E-state index in [-0.39, 0.29) is 17.7 Å². The van der Waals surface area contributed by atoms with Crippen LogP contribution in [0.4, 0.5) is 4.79 Å². The lowest BCUT2D eigenvalue weighted by molar-refractivity contribution is -0.123. The van der Waals surface area contributed by atoms with Gasteiger partial charge in [0.05, 0.1) is 25.7 Å². The first kappa shape index (κ1) is 21.1. The molecule has 0 radical (unpaired) electrons. The van der Waals surface area contributed by atoms with Gasteiger partial charge in [0.2, 0.25) is 0 Å². The number of nitrogens with zero attached hydrogens (tertiary/aromatic N) is 1. The molecule has 0 bridgehead atoms. The van der Waals surface area contributed by atoms with Crippen LogP contribution in [0.15, 0.2) is 77.7 Å². The third-order valence-corrected chi connectivity index (χ3v) is 6.72. The molecule has 6 heteroatoms. The van der Waals surface area contributed by atoms with Crippen LogP contribution in [0.1, 0.15) is 11.1 Å². The van der Waals surface area contributed by atoms with Crippen molar-refractivity contribution in [2.24, 2.45) is 0 Å². The molecule has 1 heterocycles. The van der Waals surface area contributed by atoms with Gasteiger partial charge in [-0.05, 0) is 63.1 Å². The van der Waals surface area contributed by atoms with Gasteiger partial charge in [-0.25, -0.2) is 0 Å². The summed E-state index contributed by atoms with van der Waals surface area (Å²) in [6.07, 6.45) is 1.74. The first-order valence-electron chi connectivity index (χ1n) is 10.5. The molecule has 0 aliphatic carbocycles. The summed E-state index contributed by atoms with van der Waals surface area (Å²) in [5.41, 5.74) is 1.67. The van der Waals surface area contributed by atoms with Crippen molar-refractivity contribution in [2.45, 2.75) is 6.54 Å². The second-order valence-electron chi connectivity index (χ2n) is 7.67. The number of benzene rings is 4. The van der Waals surface area contributed by atoms with E-state index in [0.717, 1.165) is 44.4 Å². The highest BCUT2D eigenvalue weighted by Gasteiger charge is 2.35. The summed E-state index contributed by atoms with van der Waals surface area (Å²) in [5.74, 6) is 1.02. The Morgan fingerprint density at radius 3 is 2.42 bits per heavy atom. The summed E-state index contributed by atoms with van der Waals surface area (Å²) in [6.45, 7) is 0.226. The number of hydrogen-bond donors (Lipinski definition) is 0. The molecule has 0 spiro atoms. The Balaban J connectivity index is 1.54. The SMILES string of the molecule is COc1ccc2ccc(OC)c(/C=C3/SC(=O)N(Cc4cccc5ccccc45)C3=O)c2c1. The topological polar surface area (TPSA) is 55.8 Å². The number of thioether (sulfide) groups is 1. The van der Waals surface area contributed by atoms with Gasteiger partial charge in [0, 0.05) is 5.56 Å². The van der Waals surface area contributed by atoms with E-state index in [0.29, 0.717) is 16.4 Å². The van der Waals surface area contributed by atoms with Crippen molar-refractivity contribution < 1.29 is 19.1 Å². The Labute approximate surface area is 195 Å². The summed E-state index contributed by atoms with van der Waals surface area (Å²) in [7, 11) is 3.20. The standard InChI is InChI=1S/C27H21NO4S/c1-31-20-12-10-18-11-13-24(32-2)23(22(18)14-20)15-25-26(29)28(27(30)33-25)16-19-8-5-7-17-6-3-4-9-21(17)19/h3-15H,16H2,1-2H3/b25-15+. The molecule has 2 amide bonds. The molecule has 0 unspecified atom stereocenters. The maximum absolute atomic E-state index is 13.3. The molecule has 164 valence electrons. The van der Waals surface area contributed by atoms with Crippen molar-refractivity contribution in [3.05, 3.63) is 88.8 Å². The molecule has 1 fully saturated rings. The van der Waals surface area contributed by atoms with Crippen LogP contribution in [-0.4, -0.2) is 30.3 Å². The fraction of sp³-hybridized carbons (Fsp3) is 0.111.